The summed E-state index contributed by atoms with van der Waals surface area (Å²) in [5.74, 6) is 0.439. The van der Waals surface area contributed by atoms with Crippen LogP contribution in [0.2, 0.25) is 0 Å². The van der Waals surface area contributed by atoms with Crippen molar-refractivity contribution in [3.63, 3.8) is 0 Å². The second kappa shape index (κ2) is 6.53. The summed E-state index contributed by atoms with van der Waals surface area (Å²) in [5, 5.41) is 0. The van der Waals surface area contributed by atoms with E-state index in [1.165, 1.54) is 0 Å². The number of rotatable bonds is 6. The van der Waals surface area contributed by atoms with E-state index in [0.717, 1.165) is 13.0 Å². The van der Waals surface area contributed by atoms with Crippen molar-refractivity contribution in [2.24, 2.45) is 11.3 Å². The van der Waals surface area contributed by atoms with Crippen LogP contribution >= 0.6 is 0 Å². The predicted octanol–water partition coefficient (Wildman–Crippen LogP) is 2.66. The van der Waals surface area contributed by atoms with Crippen molar-refractivity contribution in [2.75, 3.05) is 27.4 Å². The standard InChI is InChI=1S/C14H26O3/c1-6-17-10-14(11(2)3)12(15-4)8-7-9-13(14)16-5/h7-8,11-13H,6,9-10H2,1-5H3. The molecule has 0 aromatic rings. The second-order valence-corrected chi connectivity index (χ2v) is 4.95. The van der Waals surface area contributed by atoms with Crippen LogP contribution in [0.5, 0.6) is 0 Å². The minimum atomic E-state index is -0.0890. The Hall–Kier alpha value is -0.380. The summed E-state index contributed by atoms with van der Waals surface area (Å²) < 4.78 is 17.0. The van der Waals surface area contributed by atoms with E-state index in [0.29, 0.717) is 12.5 Å². The van der Waals surface area contributed by atoms with Gasteiger partial charge in [0.05, 0.1) is 24.2 Å². The van der Waals surface area contributed by atoms with Crippen molar-refractivity contribution < 1.29 is 14.2 Å². The van der Waals surface area contributed by atoms with Crippen LogP contribution < -0.4 is 0 Å². The van der Waals surface area contributed by atoms with Gasteiger partial charge in [0.15, 0.2) is 0 Å². The first-order valence-corrected chi connectivity index (χ1v) is 6.43. The Morgan fingerprint density at radius 2 is 2.00 bits per heavy atom. The molecular formula is C14H26O3. The van der Waals surface area contributed by atoms with E-state index in [1.54, 1.807) is 14.2 Å². The Morgan fingerprint density at radius 3 is 2.47 bits per heavy atom. The zero-order chi connectivity index (χ0) is 12.9. The first kappa shape index (κ1) is 14.7. The fraction of sp³-hybridized carbons (Fsp3) is 0.857. The fourth-order valence-corrected chi connectivity index (χ4v) is 2.84. The minimum absolute atomic E-state index is 0.0627. The van der Waals surface area contributed by atoms with Crippen molar-refractivity contribution in [3.8, 4) is 0 Å². The molecule has 0 heterocycles. The highest BCUT2D eigenvalue weighted by Crippen LogP contribution is 2.43. The normalized spacial score (nSPS) is 33.3. The monoisotopic (exact) mass is 242 g/mol. The van der Waals surface area contributed by atoms with E-state index in [9.17, 15) is 0 Å². The summed E-state index contributed by atoms with van der Waals surface area (Å²) in [6.07, 6.45) is 5.45. The minimum Gasteiger partial charge on any atom is -0.381 e. The molecule has 17 heavy (non-hydrogen) atoms. The van der Waals surface area contributed by atoms with E-state index < -0.39 is 0 Å². The second-order valence-electron chi connectivity index (χ2n) is 4.95. The summed E-state index contributed by atoms with van der Waals surface area (Å²) >= 11 is 0. The molecule has 3 heteroatoms. The summed E-state index contributed by atoms with van der Waals surface area (Å²) in [7, 11) is 3.54. The Bertz CT molecular complexity index is 250. The maximum atomic E-state index is 5.71. The van der Waals surface area contributed by atoms with Crippen molar-refractivity contribution in [2.45, 2.75) is 39.4 Å². The highest BCUT2D eigenvalue weighted by molar-refractivity contribution is 5.12. The van der Waals surface area contributed by atoms with Gasteiger partial charge in [-0.05, 0) is 19.3 Å². The van der Waals surface area contributed by atoms with Gasteiger partial charge >= 0.3 is 0 Å². The van der Waals surface area contributed by atoms with E-state index in [-0.39, 0.29) is 17.6 Å². The van der Waals surface area contributed by atoms with Crippen molar-refractivity contribution in [1.29, 1.82) is 0 Å². The number of ether oxygens (including phenoxy) is 3. The quantitative estimate of drug-likeness (QED) is 0.670. The maximum absolute atomic E-state index is 5.71. The van der Waals surface area contributed by atoms with Gasteiger partial charge in [-0.25, -0.2) is 0 Å². The molecule has 3 unspecified atom stereocenters. The molecule has 0 aromatic carbocycles. The summed E-state index contributed by atoms with van der Waals surface area (Å²) in [5.41, 5.74) is -0.0890. The van der Waals surface area contributed by atoms with Crippen molar-refractivity contribution in [1.82, 2.24) is 0 Å². The largest absolute Gasteiger partial charge is 0.381 e. The van der Waals surface area contributed by atoms with Crippen LogP contribution in [-0.4, -0.2) is 39.6 Å². The Labute approximate surface area is 105 Å². The molecule has 1 aliphatic rings. The SMILES string of the molecule is CCOCC1(C(C)C)C(OC)C=CCC1OC. The molecule has 0 aromatic heterocycles. The smallest absolute Gasteiger partial charge is 0.0857 e. The molecule has 0 fully saturated rings. The molecule has 0 saturated carbocycles. The maximum Gasteiger partial charge on any atom is 0.0857 e. The molecule has 0 aliphatic heterocycles. The zero-order valence-electron chi connectivity index (χ0n) is 11.7. The molecule has 0 amide bonds. The van der Waals surface area contributed by atoms with Gasteiger partial charge in [0.2, 0.25) is 0 Å². The van der Waals surface area contributed by atoms with Crippen LogP contribution in [-0.2, 0) is 14.2 Å². The van der Waals surface area contributed by atoms with Crippen molar-refractivity contribution in [3.05, 3.63) is 12.2 Å². The van der Waals surface area contributed by atoms with Gasteiger partial charge in [0.25, 0.3) is 0 Å². The molecule has 100 valence electrons. The average molecular weight is 242 g/mol. The van der Waals surface area contributed by atoms with Crippen LogP contribution in [0.4, 0.5) is 0 Å². The Balaban J connectivity index is 3.04. The van der Waals surface area contributed by atoms with E-state index >= 15 is 0 Å². The average Bonchev–Trinajstić information content (AvgIpc) is 2.35. The highest BCUT2D eigenvalue weighted by Gasteiger charge is 2.49. The van der Waals surface area contributed by atoms with Gasteiger partial charge in [-0.3, -0.25) is 0 Å². The third kappa shape index (κ3) is 2.72. The molecule has 1 rings (SSSR count). The predicted molar refractivity (Wildman–Crippen MR) is 69.1 cm³/mol. The Kier molecular flexibility index (Phi) is 5.63. The zero-order valence-corrected chi connectivity index (χ0v) is 11.7. The van der Waals surface area contributed by atoms with Crippen LogP contribution in [0.15, 0.2) is 12.2 Å². The number of methoxy groups -OCH3 is 2. The third-order valence-corrected chi connectivity index (χ3v) is 3.96. The molecule has 0 spiro atoms. The molecular weight excluding hydrogens is 216 g/mol. The number of hydrogen-bond acceptors (Lipinski definition) is 3. The molecule has 0 saturated heterocycles. The first-order chi connectivity index (χ1) is 8.13. The molecule has 3 atom stereocenters. The lowest BCUT2D eigenvalue weighted by Gasteiger charge is -2.48. The topological polar surface area (TPSA) is 27.7 Å². The van der Waals surface area contributed by atoms with Gasteiger partial charge in [0.1, 0.15) is 0 Å². The van der Waals surface area contributed by atoms with E-state index in [2.05, 4.69) is 26.0 Å². The van der Waals surface area contributed by atoms with Gasteiger partial charge in [-0.2, -0.15) is 0 Å². The fourth-order valence-electron chi connectivity index (χ4n) is 2.84. The van der Waals surface area contributed by atoms with Gasteiger partial charge in [-0.15, -0.1) is 0 Å². The summed E-state index contributed by atoms with van der Waals surface area (Å²) in [4.78, 5) is 0. The van der Waals surface area contributed by atoms with Crippen LogP contribution in [0, 0.1) is 11.3 Å². The third-order valence-electron chi connectivity index (χ3n) is 3.96. The van der Waals surface area contributed by atoms with Gasteiger partial charge in [-0.1, -0.05) is 26.0 Å². The lowest BCUT2D eigenvalue weighted by atomic mass is 9.65. The van der Waals surface area contributed by atoms with Crippen LogP contribution in [0.1, 0.15) is 27.2 Å². The van der Waals surface area contributed by atoms with Crippen molar-refractivity contribution >= 4 is 0 Å². The molecule has 0 N–H and O–H groups in total. The number of hydrogen-bond donors (Lipinski definition) is 0. The van der Waals surface area contributed by atoms with Gasteiger partial charge < -0.3 is 14.2 Å². The van der Waals surface area contributed by atoms with Crippen LogP contribution in [0.3, 0.4) is 0 Å². The molecule has 0 radical (unpaired) electrons. The molecule has 1 aliphatic carbocycles. The van der Waals surface area contributed by atoms with Gasteiger partial charge in [0, 0.05) is 20.8 Å². The lowest BCUT2D eigenvalue weighted by Crippen LogP contribution is -2.54. The highest BCUT2D eigenvalue weighted by atomic mass is 16.5. The first-order valence-electron chi connectivity index (χ1n) is 6.43. The summed E-state index contributed by atoms with van der Waals surface area (Å²) in [6.45, 7) is 7.87. The van der Waals surface area contributed by atoms with E-state index in [1.807, 2.05) is 6.92 Å². The lowest BCUT2D eigenvalue weighted by molar-refractivity contribution is -0.148. The molecule has 0 bridgehead atoms. The Morgan fingerprint density at radius 1 is 1.29 bits per heavy atom. The van der Waals surface area contributed by atoms with Crippen LogP contribution in [0.25, 0.3) is 0 Å². The molecule has 3 nitrogen and oxygen atoms in total. The van der Waals surface area contributed by atoms with E-state index in [4.69, 9.17) is 14.2 Å². The summed E-state index contributed by atoms with van der Waals surface area (Å²) in [6, 6.07) is 0.